The molecule has 0 spiro atoms. The molecule has 1 saturated heterocycles. The average molecular weight is 494 g/mol. The Morgan fingerprint density at radius 2 is 1.33 bits per heavy atom. The number of benzene rings is 3. The third kappa shape index (κ3) is 4.85. The number of hydrogen-bond donors (Lipinski definition) is 0. The molecule has 150 valence electrons. The zero-order chi connectivity index (χ0) is 21.3. The molecule has 0 bridgehead atoms. The Bertz CT molecular complexity index is 1150. The number of halogens is 4. The molecule has 0 unspecified atom stereocenters. The van der Waals surface area contributed by atoms with Crippen molar-refractivity contribution in [1.29, 1.82) is 0 Å². The standard InChI is InChI=1S/C22H12Cl4N2OS/c23-14-1-5-18(6-2-14)27-22-28(19-7-3-15(24)4-8-19)21(29)20(30-22)11-13-9-16(25)12-17(26)10-13/h1-12H/b20-11+,27-22?. The van der Waals surface area contributed by atoms with Crippen LogP contribution < -0.4 is 4.90 Å². The lowest BCUT2D eigenvalue weighted by molar-refractivity contribution is -0.113. The van der Waals surface area contributed by atoms with Crippen molar-refractivity contribution in [1.82, 2.24) is 0 Å². The molecular weight excluding hydrogens is 482 g/mol. The normalized spacial score (nSPS) is 16.7. The Balaban J connectivity index is 1.78. The summed E-state index contributed by atoms with van der Waals surface area (Å²) >= 11 is 25.4. The molecule has 0 radical (unpaired) electrons. The molecular formula is C22H12Cl4N2OS. The Morgan fingerprint density at radius 1 is 0.767 bits per heavy atom. The fraction of sp³-hybridized carbons (Fsp3) is 0. The van der Waals surface area contributed by atoms with Crippen LogP contribution in [0.25, 0.3) is 6.08 Å². The molecule has 30 heavy (non-hydrogen) atoms. The summed E-state index contributed by atoms with van der Waals surface area (Å²) in [6.45, 7) is 0. The number of aliphatic imine (C=N–C) groups is 1. The second-order valence-electron chi connectivity index (χ2n) is 6.30. The highest BCUT2D eigenvalue weighted by Crippen LogP contribution is 2.38. The van der Waals surface area contributed by atoms with E-state index in [1.54, 1.807) is 77.7 Å². The lowest BCUT2D eigenvalue weighted by atomic mass is 10.2. The van der Waals surface area contributed by atoms with Crippen molar-refractivity contribution in [2.24, 2.45) is 4.99 Å². The fourth-order valence-corrected chi connectivity index (χ4v) is 4.60. The molecule has 0 N–H and O–H groups in total. The van der Waals surface area contributed by atoms with Crippen LogP contribution in [0, 0.1) is 0 Å². The van der Waals surface area contributed by atoms with Gasteiger partial charge in [-0.05, 0) is 90.1 Å². The summed E-state index contributed by atoms with van der Waals surface area (Å²) in [7, 11) is 0. The van der Waals surface area contributed by atoms with Crippen LogP contribution in [0.15, 0.2) is 76.6 Å². The van der Waals surface area contributed by atoms with E-state index in [4.69, 9.17) is 46.4 Å². The number of nitrogens with zero attached hydrogens (tertiary/aromatic N) is 2. The van der Waals surface area contributed by atoms with Gasteiger partial charge in [-0.15, -0.1) is 0 Å². The number of rotatable bonds is 3. The van der Waals surface area contributed by atoms with Gasteiger partial charge in [0, 0.05) is 20.1 Å². The van der Waals surface area contributed by atoms with Gasteiger partial charge in [-0.25, -0.2) is 4.99 Å². The molecule has 8 heteroatoms. The lowest BCUT2D eigenvalue weighted by Crippen LogP contribution is -2.28. The zero-order valence-electron chi connectivity index (χ0n) is 15.2. The van der Waals surface area contributed by atoms with Gasteiger partial charge in [0.1, 0.15) is 0 Å². The first-order valence-corrected chi connectivity index (χ1v) is 11.0. The first-order valence-electron chi connectivity index (χ1n) is 8.69. The molecule has 0 atom stereocenters. The van der Waals surface area contributed by atoms with Crippen molar-refractivity contribution in [2.45, 2.75) is 0 Å². The molecule has 1 heterocycles. The Hall–Kier alpha value is -1.95. The van der Waals surface area contributed by atoms with Crippen LogP contribution in [0.3, 0.4) is 0 Å². The monoisotopic (exact) mass is 492 g/mol. The summed E-state index contributed by atoms with van der Waals surface area (Å²) in [6, 6.07) is 19.2. The fourth-order valence-electron chi connectivity index (χ4n) is 2.80. The van der Waals surface area contributed by atoms with Crippen molar-refractivity contribution in [3.05, 3.63) is 97.3 Å². The number of anilines is 1. The molecule has 0 aliphatic carbocycles. The molecule has 1 amide bonds. The molecule has 0 aromatic heterocycles. The van der Waals surface area contributed by atoms with Gasteiger partial charge in [0.25, 0.3) is 5.91 Å². The van der Waals surface area contributed by atoms with Crippen molar-refractivity contribution < 1.29 is 4.79 Å². The van der Waals surface area contributed by atoms with E-state index in [0.29, 0.717) is 41.5 Å². The maximum atomic E-state index is 13.3. The minimum atomic E-state index is -0.203. The van der Waals surface area contributed by atoms with E-state index in [1.165, 1.54) is 11.8 Å². The summed E-state index contributed by atoms with van der Waals surface area (Å²) in [6.07, 6.45) is 1.75. The summed E-state index contributed by atoms with van der Waals surface area (Å²) in [5.74, 6) is -0.203. The first kappa shape index (κ1) is 21.3. The molecule has 1 aliphatic rings. The van der Waals surface area contributed by atoms with Gasteiger partial charge in [-0.2, -0.15) is 0 Å². The van der Waals surface area contributed by atoms with E-state index in [1.807, 2.05) is 0 Å². The molecule has 1 aliphatic heterocycles. The SMILES string of the molecule is O=C1/C(=C\c2cc(Cl)cc(Cl)c2)SC(=Nc2ccc(Cl)cc2)N1c1ccc(Cl)cc1. The number of thioether (sulfide) groups is 1. The average Bonchev–Trinajstić information content (AvgIpc) is 2.98. The molecule has 1 fully saturated rings. The minimum absolute atomic E-state index is 0.203. The van der Waals surface area contributed by atoms with E-state index in [9.17, 15) is 4.79 Å². The summed E-state index contributed by atoms with van der Waals surface area (Å²) in [5, 5.41) is 2.70. The van der Waals surface area contributed by atoms with Gasteiger partial charge in [-0.3, -0.25) is 9.69 Å². The Kier molecular flexibility index (Phi) is 6.42. The van der Waals surface area contributed by atoms with Gasteiger partial charge in [-0.1, -0.05) is 46.4 Å². The highest BCUT2D eigenvalue weighted by atomic mass is 35.5. The number of hydrogen-bond acceptors (Lipinski definition) is 3. The van der Waals surface area contributed by atoms with Crippen LogP contribution in [-0.4, -0.2) is 11.1 Å². The second-order valence-corrected chi connectivity index (χ2v) is 9.06. The van der Waals surface area contributed by atoms with E-state index >= 15 is 0 Å². The quantitative estimate of drug-likeness (QED) is 0.345. The largest absolute Gasteiger partial charge is 0.271 e. The van der Waals surface area contributed by atoms with Crippen LogP contribution in [0.5, 0.6) is 0 Å². The van der Waals surface area contributed by atoms with Gasteiger partial charge in [0.2, 0.25) is 0 Å². The molecule has 4 rings (SSSR count). The third-order valence-electron chi connectivity index (χ3n) is 4.13. The maximum absolute atomic E-state index is 13.3. The van der Waals surface area contributed by atoms with Gasteiger partial charge in [0.05, 0.1) is 16.3 Å². The third-order valence-corrected chi connectivity index (χ3v) is 6.03. The van der Waals surface area contributed by atoms with Gasteiger partial charge < -0.3 is 0 Å². The lowest BCUT2D eigenvalue weighted by Gasteiger charge is -2.15. The van der Waals surface area contributed by atoms with Gasteiger partial charge >= 0.3 is 0 Å². The Labute approximate surface area is 197 Å². The van der Waals surface area contributed by atoms with Crippen molar-refractivity contribution >= 4 is 86.7 Å². The van der Waals surface area contributed by atoms with Crippen LogP contribution >= 0.6 is 58.2 Å². The number of amidine groups is 1. The zero-order valence-corrected chi connectivity index (χ0v) is 19.0. The van der Waals surface area contributed by atoms with Crippen molar-refractivity contribution in [2.75, 3.05) is 4.90 Å². The van der Waals surface area contributed by atoms with Crippen molar-refractivity contribution in [3.8, 4) is 0 Å². The second kappa shape index (κ2) is 9.04. The number of carbonyl (C=O) groups is 1. The van der Waals surface area contributed by atoms with Crippen molar-refractivity contribution in [3.63, 3.8) is 0 Å². The van der Waals surface area contributed by atoms with E-state index < -0.39 is 0 Å². The highest BCUT2D eigenvalue weighted by molar-refractivity contribution is 8.19. The molecule has 3 aromatic carbocycles. The number of carbonyl (C=O) groups excluding carboxylic acids is 1. The van der Waals surface area contributed by atoms with Crippen LogP contribution in [0.1, 0.15) is 5.56 Å². The summed E-state index contributed by atoms with van der Waals surface area (Å²) in [5.41, 5.74) is 2.07. The summed E-state index contributed by atoms with van der Waals surface area (Å²) in [4.78, 5) is 20.0. The highest BCUT2D eigenvalue weighted by Gasteiger charge is 2.34. The maximum Gasteiger partial charge on any atom is 0.271 e. The first-order chi connectivity index (χ1) is 14.4. The predicted molar refractivity (Wildman–Crippen MR) is 130 cm³/mol. The van der Waals surface area contributed by atoms with Crippen LogP contribution in [-0.2, 0) is 4.79 Å². The van der Waals surface area contributed by atoms with Gasteiger partial charge in [0.15, 0.2) is 5.17 Å². The topological polar surface area (TPSA) is 32.7 Å². The van der Waals surface area contributed by atoms with E-state index in [-0.39, 0.29) is 5.91 Å². The molecule has 0 saturated carbocycles. The van der Waals surface area contributed by atoms with Crippen LogP contribution in [0.2, 0.25) is 20.1 Å². The molecule has 3 aromatic rings. The van der Waals surface area contributed by atoms with E-state index in [0.717, 1.165) is 5.56 Å². The number of amides is 1. The smallest absolute Gasteiger partial charge is 0.268 e. The van der Waals surface area contributed by atoms with Crippen LogP contribution in [0.4, 0.5) is 11.4 Å². The molecule has 3 nitrogen and oxygen atoms in total. The predicted octanol–water partition coefficient (Wildman–Crippen LogP) is 8.11. The minimum Gasteiger partial charge on any atom is -0.268 e. The van der Waals surface area contributed by atoms with E-state index in [2.05, 4.69) is 4.99 Å². The Morgan fingerprint density at radius 3 is 1.93 bits per heavy atom. The summed E-state index contributed by atoms with van der Waals surface area (Å²) < 4.78 is 0.